The van der Waals surface area contributed by atoms with E-state index >= 15 is 0 Å². The zero-order valence-electron chi connectivity index (χ0n) is 14.4. The molecule has 6 heteroatoms. The molecule has 136 valence electrons. The molecule has 6 nitrogen and oxygen atoms in total. The van der Waals surface area contributed by atoms with Crippen molar-refractivity contribution in [3.8, 4) is 0 Å². The maximum Gasteiger partial charge on any atom is 0.338 e. The van der Waals surface area contributed by atoms with Gasteiger partial charge < -0.3 is 15.2 Å². The van der Waals surface area contributed by atoms with Crippen molar-refractivity contribution < 1.29 is 24.2 Å². The van der Waals surface area contributed by atoms with Crippen molar-refractivity contribution in [2.24, 2.45) is 35.5 Å². The van der Waals surface area contributed by atoms with Gasteiger partial charge in [-0.3, -0.25) is 9.59 Å². The van der Waals surface area contributed by atoms with Gasteiger partial charge in [0.2, 0.25) is 5.91 Å². The predicted octanol–water partition coefficient (Wildman–Crippen LogP) is 2.57. The van der Waals surface area contributed by atoms with Crippen LogP contribution in [0.3, 0.4) is 0 Å². The normalized spacial score (nSPS) is 33.3. The second-order valence-corrected chi connectivity index (χ2v) is 7.28. The third-order valence-corrected chi connectivity index (χ3v) is 5.90. The van der Waals surface area contributed by atoms with Crippen LogP contribution < -0.4 is 5.32 Å². The van der Waals surface area contributed by atoms with Crippen LogP contribution in [0.15, 0.2) is 36.4 Å². The van der Waals surface area contributed by atoms with E-state index in [4.69, 9.17) is 4.74 Å². The molecule has 26 heavy (non-hydrogen) atoms. The molecule has 0 unspecified atom stereocenters. The number of anilines is 1. The number of benzene rings is 1. The molecule has 6 atom stereocenters. The number of carboxylic acid groups (broad SMARTS) is 1. The highest BCUT2D eigenvalue weighted by atomic mass is 16.5. The lowest BCUT2D eigenvalue weighted by molar-refractivity contribution is -0.152. The van der Waals surface area contributed by atoms with Gasteiger partial charge in [-0.25, -0.2) is 4.79 Å². The summed E-state index contributed by atoms with van der Waals surface area (Å²) in [6.07, 6.45) is 5.05. The minimum Gasteiger partial charge on any atom is -0.481 e. The van der Waals surface area contributed by atoms with Crippen molar-refractivity contribution in [2.75, 3.05) is 11.9 Å². The molecular weight excluding hydrogens is 334 g/mol. The van der Waals surface area contributed by atoms with Crippen LogP contribution in [0, 0.1) is 35.5 Å². The minimum absolute atomic E-state index is 0.00454. The summed E-state index contributed by atoms with van der Waals surface area (Å²) in [7, 11) is 0. The fourth-order valence-corrected chi connectivity index (χ4v) is 4.70. The van der Waals surface area contributed by atoms with Gasteiger partial charge in [0.25, 0.3) is 0 Å². The summed E-state index contributed by atoms with van der Waals surface area (Å²) in [5, 5.41) is 12.5. The Kier molecular flexibility index (Phi) is 4.05. The van der Waals surface area contributed by atoms with Gasteiger partial charge in [-0.2, -0.15) is 0 Å². The van der Waals surface area contributed by atoms with Gasteiger partial charge >= 0.3 is 11.9 Å². The van der Waals surface area contributed by atoms with Gasteiger partial charge in [-0.05, 0) is 61.3 Å². The van der Waals surface area contributed by atoms with Crippen LogP contribution in [-0.2, 0) is 14.3 Å². The smallest absolute Gasteiger partial charge is 0.338 e. The second kappa shape index (κ2) is 6.27. The summed E-state index contributed by atoms with van der Waals surface area (Å²) in [5.41, 5.74) is 0.957. The average molecular weight is 355 g/mol. The Morgan fingerprint density at radius 2 is 1.69 bits per heavy atom. The molecule has 2 fully saturated rings. The molecule has 1 amide bonds. The molecule has 0 saturated heterocycles. The lowest BCUT2D eigenvalue weighted by atomic mass is 9.62. The molecule has 0 spiro atoms. The standard InChI is InChI=1S/C20H21NO5/c1-2-26-20(25)10-3-5-11(6-4-10)21-18(22)16-12-7-8-13(15-9-14(12)15)17(16)19(23)24/h3-8,12-17H,2,9H2,1H3,(H,21,22)(H,23,24)/t12-,13-,14+,15-,16+,17-/m0/s1. The number of rotatable bonds is 5. The van der Waals surface area contributed by atoms with E-state index in [-0.39, 0.29) is 17.7 Å². The molecule has 2 bridgehead atoms. The Morgan fingerprint density at radius 1 is 1.08 bits per heavy atom. The van der Waals surface area contributed by atoms with Crippen LogP contribution in [0.25, 0.3) is 0 Å². The lowest BCUT2D eigenvalue weighted by Gasteiger charge is -2.41. The lowest BCUT2D eigenvalue weighted by Crippen LogP contribution is -2.48. The maximum atomic E-state index is 12.9. The van der Waals surface area contributed by atoms with E-state index in [1.54, 1.807) is 31.2 Å². The van der Waals surface area contributed by atoms with Gasteiger partial charge in [-0.15, -0.1) is 0 Å². The Labute approximate surface area is 151 Å². The van der Waals surface area contributed by atoms with E-state index in [0.29, 0.717) is 29.7 Å². The second-order valence-electron chi connectivity index (χ2n) is 7.28. The van der Waals surface area contributed by atoms with Crippen LogP contribution in [0.5, 0.6) is 0 Å². The van der Waals surface area contributed by atoms with Gasteiger partial charge in [0.05, 0.1) is 24.0 Å². The fraction of sp³-hybridized carbons (Fsp3) is 0.450. The molecule has 0 heterocycles. The van der Waals surface area contributed by atoms with Crippen LogP contribution in [-0.4, -0.2) is 29.6 Å². The first-order chi connectivity index (χ1) is 12.5. The van der Waals surface area contributed by atoms with Gasteiger partial charge in [0.15, 0.2) is 0 Å². The van der Waals surface area contributed by atoms with E-state index in [0.717, 1.165) is 6.42 Å². The first-order valence-electron chi connectivity index (χ1n) is 9.00. The van der Waals surface area contributed by atoms with Crippen molar-refractivity contribution >= 4 is 23.5 Å². The first kappa shape index (κ1) is 16.8. The fourth-order valence-electron chi connectivity index (χ4n) is 4.70. The molecule has 5 rings (SSSR count). The zero-order valence-corrected chi connectivity index (χ0v) is 14.4. The highest BCUT2D eigenvalue weighted by Gasteiger charge is 2.62. The van der Waals surface area contributed by atoms with Gasteiger partial charge in [-0.1, -0.05) is 12.2 Å². The number of carboxylic acids is 1. The Hall–Kier alpha value is -2.63. The van der Waals surface area contributed by atoms with Crippen LogP contribution >= 0.6 is 0 Å². The van der Waals surface area contributed by atoms with E-state index in [2.05, 4.69) is 5.32 Å². The Balaban J connectivity index is 1.50. The predicted molar refractivity (Wildman–Crippen MR) is 93.4 cm³/mol. The van der Waals surface area contributed by atoms with Crippen LogP contribution in [0.1, 0.15) is 23.7 Å². The molecular formula is C20H21NO5. The third-order valence-electron chi connectivity index (χ3n) is 5.90. The van der Waals surface area contributed by atoms with E-state index in [1.165, 1.54) is 0 Å². The van der Waals surface area contributed by atoms with Crippen LogP contribution in [0.4, 0.5) is 5.69 Å². The number of nitrogens with one attached hydrogen (secondary N) is 1. The van der Waals surface area contributed by atoms with Crippen molar-refractivity contribution in [2.45, 2.75) is 13.3 Å². The molecule has 0 aromatic heterocycles. The Bertz CT molecular complexity index is 784. The molecule has 0 aliphatic heterocycles. The van der Waals surface area contributed by atoms with Gasteiger partial charge in [0, 0.05) is 5.69 Å². The number of aliphatic carboxylic acids is 1. The molecule has 1 aromatic rings. The monoisotopic (exact) mass is 355 g/mol. The zero-order chi connectivity index (χ0) is 18.4. The van der Waals surface area contributed by atoms with E-state index < -0.39 is 23.8 Å². The highest BCUT2D eigenvalue weighted by molar-refractivity contribution is 5.97. The Morgan fingerprint density at radius 3 is 2.27 bits per heavy atom. The quantitative estimate of drug-likeness (QED) is 0.625. The maximum absolute atomic E-state index is 12.9. The first-order valence-corrected chi connectivity index (χ1v) is 9.00. The van der Waals surface area contributed by atoms with Crippen molar-refractivity contribution in [3.05, 3.63) is 42.0 Å². The number of carbonyl (C=O) groups excluding carboxylic acids is 2. The van der Waals surface area contributed by atoms with Crippen LogP contribution in [0.2, 0.25) is 0 Å². The summed E-state index contributed by atoms with van der Waals surface area (Å²) in [5.74, 6) is -1.93. The van der Waals surface area contributed by atoms with Crippen molar-refractivity contribution in [1.29, 1.82) is 0 Å². The number of hydrogen-bond donors (Lipinski definition) is 2. The summed E-state index contributed by atoms with van der Waals surface area (Å²) >= 11 is 0. The number of amides is 1. The van der Waals surface area contributed by atoms with E-state index in [1.807, 2.05) is 12.2 Å². The molecule has 4 aliphatic carbocycles. The van der Waals surface area contributed by atoms with Gasteiger partial charge in [0.1, 0.15) is 0 Å². The highest BCUT2D eigenvalue weighted by Crippen LogP contribution is 2.63. The minimum atomic E-state index is -0.896. The van der Waals surface area contributed by atoms with E-state index in [9.17, 15) is 19.5 Å². The number of fused-ring (bicyclic) bond motifs is 1. The summed E-state index contributed by atoms with van der Waals surface area (Å²) in [6, 6.07) is 6.45. The average Bonchev–Trinajstić information content (AvgIpc) is 3.44. The SMILES string of the molecule is CCOC(=O)c1ccc(NC(=O)[C@@H]2[C@H]3C=C[C@@H]([C@@H]4C[C@H]34)[C@@H]2C(=O)O)cc1. The number of esters is 1. The number of hydrogen-bond acceptors (Lipinski definition) is 4. The molecule has 0 radical (unpaired) electrons. The number of ether oxygens (including phenoxy) is 1. The molecule has 2 N–H and O–H groups in total. The van der Waals surface area contributed by atoms with Crippen molar-refractivity contribution in [1.82, 2.24) is 0 Å². The largest absolute Gasteiger partial charge is 0.481 e. The topological polar surface area (TPSA) is 92.7 Å². The number of allylic oxidation sites excluding steroid dienone is 2. The summed E-state index contributed by atoms with van der Waals surface area (Å²) < 4.78 is 4.94. The summed E-state index contributed by atoms with van der Waals surface area (Å²) in [6.45, 7) is 2.04. The summed E-state index contributed by atoms with van der Waals surface area (Å²) in [4.78, 5) is 36.3. The molecule has 1 aromatic carbocycles. The molecule has 4 aliphatic rings. The number of carbonyl (C=O) groups is 3. The molecule has 2 saturated carbocycles. The third kappa shape index (κ3) is 2.69. The van der Waals surface area contributed by atoms with Crippen molar-refractivity contribution in [3.63, 3.8) is 0 Å².